The number of halogens is 1. The lowest BCUT2D eigenvalue weighted by atomic mass is 10.2. The molecule has 0 aromatic carbocycles. The summed E-state index contributed by atoms with van der Waals surface area (Å²) in [6.45, 7) is 3.42. The molecular weight excluding hydrogens is 420 g/mol. The van der Waals surface area contributed by atoms with Gasteiger partial charge in [-0.25, -0.2) is 4.98 Å². The van der Waals surface area contributed by atoms with Gasteiger partial charge in [0.25, 0.3) is 11.8 Å². The van der Waals surface area contributed by atoms with Gasteiger partial charge < -0.3 is 20.3 Å². The summed E-state index contributed by atoms with van der Waals surface area (Å²) < 4.78 is 5.89. The Bertz CT molecular complexity index is 854. The second-order valence-corrected chi connectivity index (χ2v) is 9.54. The van der Waals surface area contributed by atoms with Gasteiger partial charge in [-0.2, -0.15) is 0 Å². The zero-order valence-electron chi connectivity index (χ0n) is 15.8. The number of primary amides is 1. The number of hydrogen-bond acceptors (Lipinski definition) is 7. The van der Waals surface area contributed by atoms with Crippen LogP contribution in [0.25, 0.3) is 0 Å². The van der Waals surface area contributed by atoms with Crippen LogP contribution in [0.5, 0.6) is 0 Å². The number of likely N-dealkylation sites (N-methyl/N-ethyl adjacent to an activating group) is 1. The first-order valence-electron chi connectivity index (χ1n) is 8.91. The molecule has 2 N–H and O–H groups in total. The van der Waals surface area contributed by atoms with Crippen LogP contribution in [0.15, 0.2) is 12.1 Å². The number of amides is 2. The predicted octanol–water partition coefficient (Wildman–Crippen LogP) is 2.49. The lowest BCUT2D eigenvalue weighted by Crippen LogP contribution is -2.29. The number of nitrogens with two attached hydrogens (primary N) is 1. The van der Waals surface area contributed by atoms with E-state index in [-0.39, 0.29) is 12.0 Å². The second kappa shape index (κ2) is 9.32. The van der Waals surface area contributed by atoms with Gasteiger partial charge in [0, 0.05) is 44.6 Å². The third-order valence-corrected chi connectivity index (χ3v) is 7.00. The Balaban J connectivity index is 0.000000211. The number of carbonyl (C=O) groups is 2. The van der Waals surface area contributed by atoms with Crippen molar-refractivity contribution in [3.63, 3.8) is 0 Å². The zero-order valence-corrected chi connectivity index (χ0v) is 18.2. The molecule has 0 spiro atoms. The molecule has 2 aliphatic rings. The van der Waals surface area contributed by atoms with Crippen LogP contribution in [0.3, 0.4) is 0 Å². The number of thiazole rings is 1. The molecule has 0 saturated carbocycles. The van der Waals surface area contributed by atoms with Gasteiger partial charge in [0.2, 0.25) is 0 Å². The first-order chi connectivity index (χ1) is 13.4. The van der Waals surface area contributed by atoms with Crippen molar-refractivity contribution in [1.82, 2.24) is 14.8 Å². The van der Waals surface area contributed by atoms with E-state index >= 15 is 0 Å². The molecule has 152 valence electrons. The van der Waals surface area contributed by atoms with Crippen LogP contribution in [-0.2, 0) is 17.7 Å². The van der Waals surface area contributed by atoms with Gasteiger partial charge in [-0.05, 0) is 25.6 Å². The summed E-state index contributed by atoms with van der Waals surface area (Å²) in [5.74, 6) is -0.353. The minimum absolute atomic E-state index is 0.0709. The Hall–Kier alpha value is -1.52. The Kier molecular flexibility index (Phi) is 7.05. The summed E-state index contributed by atoms with van der Waals surface area (Å²) in [5.41, 5.74) is 6.06. The number of fused-ring (bicyclic) bond motifs is 1. The Morgan fingerprint density at radius 2 is 2.11 bits per heavy atom. The van der Waals surface area contributed by atoms with Crippen LogP contribution in [0, 0.1) is 0 Å². The first kappa shape index (κ1) is 21.2. The normalized spacial score (nSPS) is 19.1. The van der Waals surface area contributed by atoms with E-state index in [0.717, 1.165) is 38.2 Å². The van der Waals surface area contributed by atoms with E-state index < -0.39 is 5.91 Å². The summed E-state index contributed by atoms with van der Waals surface area (Å²) in [6.07, 6.45) is 2.07. The van der Waals surface area contributed by atoms with Crippen molar-refractivity contribution < 1.29 is 14.3 Å². The van der Waals surface area contributed by atoms with Crippen LogP contribution in [0.2, 0.25) is 4.34 Å². The summed E-state index contributed by atoms with van der Waals surface area (Å²) >= 11 is 8.26. The molecule has 4 rings (SSSR count). The third kappa shape index (κ3) is 5.09. The fourth-order valence-corrected chi connectivity index (χ4v) is 5.15. The minimum atomic E-state index is -0.424. The number of ether oxygens (including phenoxy) is 1. The SMILES string of the molecule is CO[C@@H]1CCN(C(=O)c2nc3c(s2)CN(C)CC3)C1.NC(=O)c1ccc(Cl)s1. The third-order valence-electron chi connectivity index (χ3n) is 4.69. The molecule has 2 aromatic heterocycles. The lowest BCUT2D eigenvalue weighted by molar-refractivity contribution is 0.0723. The van der Waals surface area contributed by atoms with E-state index in [2.05, 4.69) is 16.9 Å². The molecule has 0 bridgehead atoms. The number of rotatable bonds is 3. The van der Waals surface area contributed by atoms with Gasteiger partial charge >= 0.3 is 0 Å². The maximum absolute atomic E-state index is 12.4. The number of likely N-dealkylation sites (tertiary alicyclic amines) is 1. The van der Waals surface area contributed by atoms with E-state index in [9.17, 15) is 9.59 Å². The number of methoxy groups -OCH3 is 1. The predicted molar refractivity (Wildman–Crippen MR) is 111 cm³/mol. The summed E-state index contributed by atoms with van der Waals surface area (Å²) in [4.78, 5) is 33.2. The highest BCUT2D eigenvalue weighted by Gasteiger charge is 2.30. The number of carbonyl (C=O) groups excluding carboxylic acids is 2. The Morgan fingerprint density at radius 3 is 2.68 bits per heavy atom. The molecule has 0 aliphatic carbocycles. The molecule has 10 heteroatoms. The molecule has 4 heterocycles. The molecule has 2 amide bonds. The maximum Gasteiger partial charge on any atom is 0.282 e. The number of hydrogen-bond donors (Lipinski definition) is 1. The number of nitrogens with zero attached hydrogens (tertiary/aromatic N) is 3. The van der Waals surface area contributed by atoms with E-state index in [0.29, 0.717) is 20.8 Å². The van der Waals surface area contributed by atoms with Crippen LogP contribution < -0.4 is 5.73 Å². The van der Waals surface area contributed by atoms with Gasteiger partial charge in [0.1, 0.15) is 0 Å². The Morgan fingerprint density at radius 1 is 1.32 bits per heavy atom. The van der Waals surface area contributed by atoms with Gasteiger partial charge in [-0.15, -0.1) is 22.7 Å². The van der Waals surface area contributed by atoms with Gasteiger partial charge in [-0.3, -0.25) is 9.59 Å². The maximum atomic E-state index is 12.4. The van der Waals surface area contributed by atoms with Crippen molar-refractivity contribution >= 4 is 46.1 Å². The van der Waals surface area contributed by atoms with Crippen molar-refractivity contribution in [3.8, 4) is 0 Å². The van der Waals surface area contributed by atoms with Gasteiger partial charge in [-0.1, -0.05) is 11.6 Å². The van der Waals surface area contributed by atoms with Gasteiger partial charge in [0.05, 0.1) is 21.0 Å². The van der Waals surface area contributed by atoms with Crippen molar-refractivity contribution in [3.05, 3.63) is 36.9 Å². The quantitative estimate of drug-likeness (QED) is 0.788. The number of thiophene rings is 1. The van der Waals surface area contributed by atoms with E-state index in [1.165, 1.54) is 16.2 Å². The largest absolute Gasteiger partial charge is 0.380 e. The van der Waals surface area contributed by atoms with Crippen LogP contribution in [0.1, 0.15) is 36.5 Å². The standard InChI is InChI=1S/C13H19N3O2S.C5H4ClNOS/c1-15-5-4-10-11(8-15)19-12(14-10)13(17)16-6-3-9(7-16)18-2;6-4-2-1-3(9-4)5(7)8/h9H,3-8H2,1-2H3;1-2H,(H2,7,8)/t9-;/m1./s1. The highest BCUT2D eigenvalue weighted by atomic mass is 35.5. The first-order valence-corrected chi connectivity index (χ1v) is 10.9. The topological polar surface area (TPSA) is 88.8 Å². The lowest BCUT2D eigenvalue weighted by Gasteiger charge is -2.20. The molecule has 1 fully saturated rings. The number of aromatic nitrogens is 1. The average Bonchev–Trinajstić information content (AvgIpc) is 3.40. The highest BCUT2D eigenvalue weighted by Crippen LogP contribution is 2.26. The van der Waals surface area contributed by atoms with Crippen LogP contribution in [0.4, 0.5) is 0 Å². The smallest absolute Gasteiger partial charge is 0.282 e. The van der Waals surface area contributed by atoms with Crippen molar-refractivity contribution in [2.24, 2.45) is 5.73 Å². The Labute approximate surface area is 177 Å². The van der Waals surface area contributed by atoms with Crippen LogP contribution in [-0.4, -0.2) is 66.5 Å². The minimum Gasteiger partial charge on any atom is -0.380 e. The van der Waals surface area contributed by atoms with E-state index in [1.54, 1.807) is 30.6 Å². The molecule has 2 aliphatic heterocycles. The molecular formula is C18H23ClN4O3S2. The fourth-order valence-electron chi connectivity index (χ4n) is 3.10. The molecule has 2 aromatic rings. The van der Waals surface area contributed by atoms with Crippen molar-refractivity contribution in [1.29, 1.82) is 0 Å². The molecule has 7 nitrogen and oxygen atoms in total. The second-order valence-electron chi connectivity index (χ2n) is 6.74. The fraction of sp³-hybridized carbons (Fsp3) is 0.500. The summed E-state index contributed by atoms with van der Waals surface area (Å²) in [5, 5.41) is 0.650. The average molecular weight is 443 g/mol. The van der Waals surface area contributed by atoms with E-state index in [1.807, 2.05) is 4.90 Å². The summed E-state index contributed by atoms with van der Waals surface area (Å²) in [6, 6.07) is 3.25. The highest BCUT2D eigenvalue weighted by molar-refractivity contribution is 7.18. The van der Waals surface area contributed by atoms with Crippen molar-refractivity contribution in [2.75, 3.05) is 33.8 Å². The molecule has 1 atom stereocenters. The van der Waals surface area contributed by atoms with Crippen molar-refractivity contribution in [2.45, 2.75) is 25.5 Å². The van der Waals surface area contributed by atoms with Crippen LogP contribution >= 0.6 is 34.3 Å². The molecule has 1 saturated heterocycles. The monoisotopic (exact) mass is 442 g/mol. The van der Waals surface area contributed by atoms with Gasteiger partial charge in [0.15, 0.2) is 5.01 Å². The van der Waals surface area contributed by atoms with E-state index in [4.69, 9.17) is 22.1 Å². The molecule has 28 heavy (non-hydrogen) atoms. The molecule has 0 unspecified atom stereocenters. The molecule has 0 radical (unpaired) electrons. The zero-order chi connectivity index (χ0) is 20.3. The summed E-state index contributed by atoms with van der Waals surface area (Å²) in [7, 11) is 3.81.